The Morgan fingerprint density at radius 1 is 1.35 bits per heavy atom. The van der Waals surface area contributed by atoms with E-state index in [-0.39, 0.29) is 23.8 Å². The molecule has 1 saturated heterocycles. The average molecular weight is 340 g/mol. The molecule has 0 radical (unpaired) electrons. The maximum atomic E-state index is 12.0. The van der Waals surface area contributed by atoms with E-state index in [1.807, 2.05) is 0 Å². The van der Waals surface area contributed by atoms with E-state index in [0.29, 0.717) is 31.6 Å². The van der Waals surface area contributed by atoms with Crippen LogP contribution in [0.4, 0.5) is 0 Å². The number of amides is 1. The Hall–Kier alpha value is -1.93. The zero-order valence-corrected chi connectivity index (χ0v) is 13.7. The summed E-state index contributed by atoms with van der Waals surface area (Å²) in [5.41, 5.74) is 0.577. The number of rotatable bonds is 6. The zero-order valence-electron chi connectivity index (χ0n) is 12.9. The van der Waals surface area contributed by atoms with Crippen LogP contribution in [0.5, 0.6) is 0 Å². The van der Waals surface area contributed by atoms with Gasteiger partial charge in [0, 0.05) is 19.6 Å². The van der Waals surface area contributed by atoms with Gasteiger partial charge in [-0.05, 0) is 24.0 Å². The van der Waals surface area contributed by atoms with Crippen molar-refractivity contribution in [1.82, 2.24) is 9.62 Å². The van der Waals surface area contributed by atoms with Crippen molar-refractivity contribution in [3.63, 3.8) is 0 Å². The predicted octanol–water partition coefficient (Wildman–Crippen LogP) is 0.325. The quantitative estimate of drug-likeness (QED) is 0.776. The third kappa shape index (κ3) is 4.77. The minimum Gasteiger partial charge on any atom is -0.478 e. The molecule has 0 aliphatic carbocycles. The van der Waals surface area contributed by atoms with Gasteiger partial charge in [0.15, 0.2) is 0 Å². The van der Waals surface area contributed by atoms with E-state index in [2.05, 4.69) is 5.32 Å². The van der Waals surface area contributed by atoms with Crippen LogP contribution in [0.2, 0.25) is 0 Å². The highest BCUT2D eigenvalue weighted by Gasteiger charge is 2.28. The van der Waals surface area contributed by atoms with Crippen LogP contribution >= 0.6 is 0 Å². The maximum absolute atomic E-state index is 12.0. The Bertz CT molecular complexity index is 702. The van der Waals surface area contributed by atoms with Crippen molar-refractivity contribution in [2.24, 2.45) is 5.92 Å². The van der Waals surface area contributed by atoms with Gasteiger partial charge in [-0.15, -0.1) is 0 Å². The fraction of sp³-hybridized carbons (Fsp3) is 0.467. The number of hydrogen-bond donors (Lipinski definition) is 2. The smallest absolute Gasteiger partial charge is 0.335 e. The van der Waals surface area contributed by atoms with Crippen LogP contribution in [0.3, 0.4) is 0 Å². The van der Waals surface area contributed by atoms with Crippen LogP contribution in [0.15, 0.2) is 24.3 Å². The molecule has 1 heterocycles. The molecule has 0 bridgehead atoms. The summed E-state index contributed by atoms with van der Waals surface area (Å²) in [6, 6.07) is 6.38. The molecule has 1 fully saturated rings. The molecule has 1 amide bonds. The van der Waals surface area contributed by atoms with E-state index in [1.165, 1.54) is 16.6 Å². The highest BCUT2D eigenvalue weighted by molar-refractivity contribution is 7.88. The second-order valence-corrected chi connectivity index (χ2v) is 7.70. The van der Waals surface area contributed by atoms with E-state index in [1.54, 1.807) is 18.2 Å². The molecule has 0 aromatic heterocycles. The van der Waals surface area contributed by atoms with Gasteiger partial charge in [-0.3, -0.25) is 4.79 Å². The predicted molar refractivity (Wildman–Crippen MR) is 84.6 cm³/mol. The molecule has 2 N–H and O–H groups in total. The highest BCUT2D eigenvalue weighted by Crippen LogP contribution is 2.18. The normalized spacial score (nSPS) is 18.7. The van der Waals surface area contributed by atoms with E-state index in [4.69, 9.17) is 5.11 Å². The Morgan fingerprint density at radius 3 is 2.65 bits per heavy atom. The number of nitrogens with one attached hydrogen (secondary N) is 1. The van der Waals surface area contributed by atoms with Gasteiger partial charge in [0.25, 0.3) is 0 Å². The number of carboxylic acid groups (broad SMARTS) is 1. The summed E-state index contributed by atoms with van der Waals surface area (Å²) in [6.07, 6.45) is 1.88. The van der Waals surface area contributed by atoms with Crippen LogP contribution in [-0.2, 0) is 21.2 Å². The largest absolute Gasteiger partial charge is 0.478 e. The molecule has 1 atom stereocenters. The summed E-state index contributed by atoms with van der Waals surface area (Å²) in [4.78, 5) is 23.1. The number of hydrogen-bond acceptors (Lipinski definition) is 4. The van der Waals surface area contributed by atoms with Crippen LogP contribution in [0.25, 0.3) is 0 Å². The first-order valence-corrected chi connectivity index (χ1v) is 9.15. The summed E-state index contributed by atoms with van der Waals surface area (Å²) < 4.78 is 24.3. The Morgan fingerprint density at radius 2 is 2.04 bits per heavy atom. The number of carbonyl (C=O) groups is 2. The van der Waals surface area contributed by atoms with E-state index < -0.39 is 16.0 Å². The molecule has 23 heavy (non-hydrogen) atoms. The topological polar surface area (TPSA) is 104 Å². The molecule has 8 heteroatoms. The second-order valence-electron chi connectivity index (χ2n) is 5.72. The van der Waals surface area contributed by atoms with Crippen LogP contribution in [-0.4, -0.2) is 55.6 Å². The molecule has 1 aromatic carbocycles. The Labute approximate surface area is 135 Å². The highest BCUT2D eigenvalue weighted by atomic mass is 32.2. The first-order chi connectivity index (χ1) is 10.8. The molecule has 1 unspecified atom stereocenters. The lowest BCUT2D eigenvalue weighted by Crippen LogP contribution is -2.33. The minimum absolute atomic E-state index is 0.00894. The van der Waals surface area contributed by atoms with Gasteiger partial charge in [-0.2, -0.15) is 0 Å². The van der Waals surface area contributed by atoms with Gasteiger partial charge in [0.1, 0.15) is 0 Å². The molecule has 126 valence electrons. The van der Waals surface area contributed by atoms with Gasteiger partial charge in [0.2, 0.25) is 15.9 Å². The maximum Gasteiger partial charge on any atom is 0.335 e. The number of nitrogens with zero attached hydrogens (tertiary/aromatic N) is 1. The average Bonchev–Trinajstić information content (AvgIpc) is 2.94. The third-order valence-electron chi connectivity index (χ3n) is 3.90. The zero-order chi connectivity index (χ0) is 17.0. The first-order valence-electron chi connectivity index (χ1n) is 7.30. The number of carboxylic acids is 1. The van der Waals surface area contributed by atoms with Gasteiger partial charge in [0.05, 0.1) is 18.2 Å². The molecule has 0 saturated carbocycles. The number of aromatic carboxylic acids is 1. The summed E-state index contributed by atoms with van der Waals surface area (Å²) >= 11 is 0. The lowest BCUT2D eigenvalue weighted by atomic mass is 10.0. The van der Waals surface area contributed by atoms with Crippen molar-refractivity contribution in [2.75, 3.05) is 25.9 Å². The fourth-order valence-corrected chi connectivity index (χ4v) is 3.56. The number of carbonyl (C=O) groups excluding carboxylic acids is 1. The second kappa shape index (κ2) is 7.10. The molecule has 1 aliphatic heterocycles. The molecule has 0 spiro atoms. The van der Waals surface area contributed by atoms with Crippen molar-refractivity contribution < 1.29 is 23.1 Å². The monoisotopic (exact) mass is 340 g/mol. The van der Waals surface area contributed by atoms with E-state index in [9.17, 15) is 18.0 Å². The van der Waals surface area contributed by atoms with Gasteiger partial charge >= 0.3 is 5.97 Å². The molecule has 2 rings (SSSR count). The standard InChI is InChI=1S/C15H20N2O5S/c1-23(21,22)17-7-6-11(10-17)9-16-14(18)8-12-4-2-3-5-13(12)15(19)20/h2-5,11H,6-10H2,1H3,(H,16,18)(H,19,20). The van der Waals surface area contributed by atoms with Crippen molar-refractivity contribution in [1.29, 1.82) is 0 Å². The molecule has 7 nitrogen and oxygen atoms in total. The van der Waals surface area contributed by atoms with Crippen molar-refractivity contribution in [2.45, 2.75) is 12.8 Å². The van der Waals surface area contributed by atoms with Gasteiger partial charge in [-0.25, -0.2) is 17.5 Å². The molecular formula is C15H20N2O5S. The van der Waals surface area contributed by atoms with Crippen molar-refractivity contribution in [3.05, 3.63) is 35.4 Å². The van der Waals surface area contributed by atoms with E-state index >= 15 is 0 Å². The fourth-order valence-electron chi connectivity index (χ4n) is 2.64. The van der Waals surface area contributed by atoms with E-state index in [0.717, 1.165) is 0 Å². The minimum atomic E-state index is -3.18. The molecular weight excluding hydrogens is 320 g/mol. The van der Waals surface area contributed by atoms with Crippen molar-refractivity contribution in [3.8, 4) is 0 Å². The number of sulfonamides is 1. The first kappa shape index (κ1) is 17.4. The lowest BCUT2D eigenvalue weighted by Gasteiger charge is -2.14. The summed E-state index contributed by atoms with van der Waals surface area (Å²) in [5.74, 6) is -1.24. The Balaban J connectivity index is 1.86. The van der Waals surface area contributed by atoms with Crippen molar-refractivity contribution >= 4 is 21.9 Å². The summed E-state index contributed by atoms with van der Waals surface area (Å²) in [7, 11) is -3.18. The van der Waals surface area contributed by atoms with Gasteiger partial charge < -0.3 is 10.4 Å². The molecule has 1 aromatic rings. The van der Waals surface area contributed by atoms with Crippen LogP contribution in [0.1, 0.15) is 22.3 Å². The van der Waals surface area contributed by atoms with Gasteiger partial charge in [-0.1, -0.05) is 18.2 Å². The summed E-state index contributed by atoms with van der Waals surface area (Å²) in [5, 5.41) is 11.9. The lowest BCUT2D eigenvalue weighted by molar-refractivity contribution is -0.120. The van der Waals surface area contributed by atoms with Crippen LogP contribution in [0, 0.1) is 5.92 Å². The number of benzene rings is 1. The Kier molecular flexibility index (Phi) is 5.38. The molecule has 1 aliphatic rings. The third-order valence-corrected chi connectivity index (χ3v) is 5.17. The van der Waals surface area contributed by atoms with Crippen LogP contribution < -0.4 is 5.32 Å². The summed E-state index contributed by atoms with van der Waals surface area (Å²) in [6.45, 7) is 1.27. The SMILES string of the molecule is CS(=O)(=O)N1CCC(CNC(=O)Cc2ccccc2C(=O)O)C1.